The molecule has 5 rings (SSSR count). The molecule has 2 amide bonds. The highest BCUT2D eigenvalue weighted by Gasteiger charge is 2.47. The van der Waals surface area contributed by atoms with Crippen LogP contribution in [0.4, 0.5) is 5.69 Å². The van der Waals surface area contributed by atoms with Crippen LogP contribution >= 0.6 is 11.6 Å². The van der Waals surface area contributed by atoms with Crippen LogP contribution in [0.3, 0.4) is 0 Å². The minimum atomic E-state index is -4.26. The molecule has 0 saturated carbocycles. The third-order valence-electron chi connectivity index (χ3n) is 6.63. The van der Waals surface area contributed by atoms with Crippen LogP contribution in [0.1, 0.15) is 22.3 Å². The average molecular weight is 563 g/mol. The number of sulfonamides is 1. The summed E-state index contributed by atoms with van der Waals surface area (Å²) in [5.41, 5.74) is 0.960. The molecule has 1 aliphatic heterocycles. The largest absolute Gasteiger partial charge is 0.465 e. The van der Waals surface area contributed by atoms with Gasteiger partial charge >= 0.3 is 5.97 Å². The van der Waals surface area contributed by atoms with Crippen molar-refractivity contribution < 1.29 is 27.5 Å². The number of nitrogens with zero attached hydrogens (tertiary/aromatic N) is 2. The molecule has 0 spiro atoms. The Morgan fingerprint density at radius 3 is 2.31 bits per heavy atom. The molecule has 198 valence electrons. The van der Waals surface area contributed by atoms with Crippen molar-refractivity contribution in [3.63, 3.8) is 0 Å². The number of halogens is 1. The summed E-state index contributed by atoms with van der Waals surface area (Å²) in [4.78, 5) is 39.5. The van der Waals surface area contributed by atoms with Crippen LogP contribution in [0, 0.1) is 0 Å². The molecule has 0 radical (unpaired) electrons. The van der Waals surface area contributed by atoms with Gasteiger partial charge in [0.2, 0.25) is 15.9 Å². The number of fused-ring (bicyclic) bond motifs is 1. The van der Waals surface area contributed by atoms with E-state index in [0.717, 1.165) is 20.0 Å². The minimum Gasteiger partial charge on any atom is -0.465 e. The molecule has 1 heterocycles. The summed E-state index contributed by atoms with van der Waals surface area (Å²) in [6.45, 7) is -0.215. The number of esters is 1. The molecule has 39 heavy (non-hydrogen) atoms. The second-order valence-corrected chi connectivity index (χ2v) is 11.3. The van der Waals surface area contributed by atoms with Gasteiger partial charge in [-0.15, -0.1) is 0 Å². The molecule has 10 heteroatoms. The maximum absolute atomic E-state index is 14.1. The topological polar surface area (TPSA) is 101 Å². The molecular weight excluding hydrogens is 540 g/mol. The lowest BCUT2D eigenvalue weighted by atomic mass is 10.1. The van der Waals surface area contributed by atoms with E-state index in [-0.39, 0.29) is 29.1 Å². The highest BCUT2D eigenvalue weighted by Crippen LogP contribution is 2.33. The number of hydrogen-bond donors (Lipinski definition) is 0. The van der Waals surface area contributed by atoms with Gasteiger partial charge in [-0.1, -0.05) is 60.1 Å². The van der Waals surface area contributed by atoms with Crippen LogP contribution in [0.2, 0.25) is 5.02 Å². The van der Waals surface area contributed by atoms with E-state index in [1.807, 2.05) is 18.2 Å². The Hall–Kier alpha value is -4.05. The van der Waals surface area contributed by atoms with Crippen molar-refractivity contribution in [2.45, 2.75) is 23.9 Å². The van der Waals surface area contributed by atoms with Gasteiger partial charge in [-0.3, -0.25) is 9.59 Å². The number of carbonyl (C=O) groups excluding carboxylic acids is 3. The Balaban J connectivity index is 1.55. The van der Waals surface area contributed by atoms with Crippen molar-refractivity contribution >= 4 is 55.9 Å². The standard InChI is InChI=1S/C29H23ClN2O6S/c1-38-29(35)20-10-13-23(14-11-20)32-27(33)17-26(28(32)34)31(18-22-8-4-5-9-25(22)30)39(36,37)24-15-12-19-6-2-3-7-21(19)16-24/h2-16,26H,17-18H2,1H3. The summed E-state index contributed by atoms with van der Waals surface area (Å²) >= 11 is 6.37. The maximum Gasteiger partial charge on any atom is 0.337 e. The number of rotatable bonds is 7. The highest BCUT2D eigenvalue weighted by atomic mass is 35.5. The van der Waals surface area contributed by atoms with Crippen LogP contribution in [0.5, 0.6) is 0 Å². The molecule has 1 fully saturated rings. The molecule has 0 aromatic heterocycles. The number of methoxy groups -OCH3 is 1. The van der Waals surface area contributed by atoms with Crippen LogP contribution in [0.25, 0.3) is 10.8 Å². The normalized spacial score (nSPS) is 15.8. The van der Waals surface area contributed by atoms with Gasteiger partial charge in [0, 0.05) is 11.6 Å². The van der Waals surface area contributed by atoms with Gasteiger partial charge < -0.3 is 4.74 Å². The van der Waals surface area contributed by atoms with Gasteiger partial charge in [-0.25, -0.2) is 18.1 Å². The van der Waals surface area contributed by atoms with E-state index in [2.05, 4.69) is 0 Å². The van der Waals surface area contributed by atoms with Crippen LogP contribution in [-0.4, -0.2) is 43.7 Å². The highest BCUT2D eigenvalue weighted by molar-refractivity contribution is 7.89. The van der Waals surface area contributed by atoms with Crippen LogP contribution in [-0.2, 0) is 30.9 Å². The predicted octanol–water partition coefficient (Wildman–Crippen LogP) is 4.80. The van der Waals surface area contributed by atoms with Gasteiger partial charge in [0.15, 0.2) is 0 Å². The first-order chi connectivity index (χ1) is 18.7. The smallest absolute Gasteiger partial charge is 0.337 e. The lowest BCUT2D eigenvalue weighted by molar-refractivity contribution is -0.122. The zero-order valence-electron chi connectivity index (χ0n) is 20.8. The Labute approximate surface area is 230 Å². The number of amides is 2. The Bertz CT molecular complexity index is 1700. The molecule has 1 atom stereocenters. The molecule has 1 unspecified atom stereocenters. The Morgan fingerprint density at radius 1 is 0.949 bits per heavy atom. The van der Waals surface area contributed by atoms with Crippen molar-refractivity contribution in [3.8, 4) is 0 Å². The lowest BCUT2D eigenvalue weighted by Gasteiger charge is -2.27. The van der Waals surface area contributed by atoms with Crippen molar-refractivity contribution in [1.29, 1.82) is 0 Å². The first kappa shape index (κ1) is 26.6. The first-order valence-corrected chi connectivity index (χ1v) is 13.8. The number of imide groups is 1. The number of anilines is 1. The SMILES string of the molecule is COC(=O)c1ccc(N2C(=O)CC(N(Cc3ccccc3Cl)S(=O)(=O)c3ccc4ccccc4c3)C2=O)cc1. The summed E-state index contributed by atoms with van der Waals surface area (Å²) in [6.07, 6.45) is -0.352. The average Bonchev–Trinajstić information content (AvgIpc) is 3.24. The van der Waals surface area contributed by atoms with Crippen molar-refractivity contribution in [2.75, 3.05) is 12.0 Å². The van der Waals surface area contributed by atoms with Gasteiger partial charge in [0.25, 0.3) is 5.91 Å². The van der Waals surface area contributed by atoms with E-state index in [0.29, 0.717) is 10.6 Å². The molecule has 1 saturated heterocycles. The molecule has 1 aliphatic rings. The Morgan fingerprint density at radius 2 is 1.62 bits per heavy atom. The van der Waals surface area contributed by atoms with Crippen molar-refractivity contribution in [1.82, 2.24) is 4.31 Å². The van der Waals surface area contributed by atoms with Crippen LogP contribution < -0.4 is 4.90 Å². The second kappa shape index (κ2) is 10.6. The predicted molar refractivity (Wildman–Crippen MR) is 147 cm³/mol. The maximum atomic E-state index is 14.1. The zero-order chi connectivity index (χ0) is 27.7. The lowest BCUT2D eigenvalue weighted by Crippen LogP contribution is -2.45. The minimum absolute atomic E-state index is 0.00520. The Kier molecular flexibility index (Phi) is 7.22. The molecule has 0 bridgehead atoms. The summed E-state index contributed by atoms with van der Waals surface area (Å²) < 4.78 is 33.9. The summed E-state index contributed by atoms with van der Waals surface area (Å²) in [5.74, 6) is -1.82. The molecular formula is C29H23ClN2O6S. The summed E-state index contributed by atoms with van der Waals surface area (Å²) in [5, 5.41) is 1.92. The van der Waals surface area contributed by atoms with E-state index < -0.39 is 33.8 Å². The fourth-order valence-corrected chi connectivity index (χ4v) is 6.39. The number of hydrogen-bond acceptors (Lipinski definition) is 6. The van der Waals surface area contributed by atoms with E-state index in [1.165, 1.54) is 37.4 Å². The van der Waals surface area contributed by atoms with Gasteiger partial charge in [-0.05, 0) is 58.8 Å². The van der Waals surface area contributed by atoms with E-state index in [1.54, 1.807) is 42.5 Å². The summed E-state index contributed by atoms with van der Waals surface area (Å²) in [6, 6.07) is 23.3. The van der Waals surface area contributed by atoms with Crippen LogP contribution in [0.15, 0.2) is 95.9 Å². The van der Waals surface area contributed by atoms with Gasteiger partial charge in [-0.2, -0.15) is 4.31 Å². The second-order valence-electron chi connectivity index (χ2n) is 8.98. The third-order valence-corrected chi connectivity index (χ3v) is 8.85. The third kappa shape index (κ3) is 5.04. The quantitative estimate of drug-likeness (QED) is 0.237. The van der Waals surface area contributed by atoms with Gasteiger partial charge in [0.1, 0.15) is 6.04 Å². The first-order valence-electron chi connectivity index (χ1n) is 12.0. The van der Waals surface area contributed by atoms with Crippen molar-refractivity contribution in [3.05, 3.63) is 107 Å². The number of ether oxygens (including phenoxy) is 1. The number of carbonyl (C=O) groups is 3. The van der Waals surface area contributed by atoms with E-state index >= 15 is 0 Å². The molecule has 4 aromatic rings. The molecule has 0 aliphatic carbocycles. The van der Waals surface area contributed by atoms with Gasteiger partial charge in [0.05, 0.1) is 29.7 Å². The molecule has 0 N–H and O–H groups in total. The molecule has 8 nitrogen and oxygen atoms in total. The fourth-order valence-electron chi connectivity index (χ4n) is 4.60. The zero-order valence-corrected chi connectivity index (χ0v) is 22.4. The van der Waals surface area contributed by atoms with Crippen molar-refractivity contribution in [2.24, 2.45) is 0 Å². The monoisotopic (exact) mass is 562 g/mol. The van der Waals surface area contributed by atoms with E-state index in [4.69, 9.17) is 16.3 Å². The number of benzene rings is 4. The fraction of sp³-hybridized carbons (Fsp3) is 0.138. The molecule has 4 aromatic carbocycles. The summed E-state index contributed by atoms with van der Waals surface area (Å²) in [7, 11) is -3.01. The van der Waals surface area contributed by atoms with E-state index in [9.17, 15) is 22.8 Å².